The molecule has 1 heterocycles. The van der Waals surface area contributed by atoms with Crippen molar-refractivity contribution in [2.45, 2.75) is 25.9 Å². The Balaban J connectivity index is 2.31. The van der Waals surface area contributed by atoms with E-state index in [1.165, 1.54) is 0 Å². The molecule has 0 radical (unpaired) electrons. The van der Waals surface area contributed by atoms with Gasteiger partial charge in [0.05, 0.1) is 5.69 Å². The van der Waals surface area contributed by atoms with Crippen LogP contribution in [0.5, 0.6) is 0 Å². The molecule has 0 spiro atoms. The minimum atomic E-state index is 0.576. The molecule has 80 valence electrons. The predicted octanol–water partition coefficient (Wildman–Crippen LogP) is 1.05. The van der Waals surface area contributed by atoms with Gasteiger partial charge in [0.15, 0.2) is 0 Å². The number of aryl methyl sites for hydroxylation is 1. The van der Waals surface area contributed by atoms with E-state index in [-0.39, 0.29) is 0 Å². The molecule has 1 N–H and O–H groups in total. The van der Waals surface area contributed by atoms with Gasteiger partial charge in [-0.15, -0.1) is 5.10 Å². The van der Waals surface area contributed by atoms with Crippen molar-refractivity contribution in [2.24, 2.45) is 7.05 Å². The number of thioether (sulfide) groups is 1. The molecule has 0 saturated carbocycles. The number of nitrogens with one attached hydrogen (secondary N) is 1. The van der Waals surface area contributed by atoms with E-state index < -0.39 is 0 Å². The third-order valence-corrected chi connectivity index (χ3v) is 2.82. The van der Waals surface area contributed by atoms with Gasteiger partial charge in [-0.1, -0.05) is 12.1 Å². The molecule has 0 aliphatic heterocycles. The van der Waals surface area contributed by atoms with Crippen LogP contribution in [0.2, 0.25) is 0 Å². The normalized spacial score (nSPS) is 13.1. The Morgan fingerprint density at radius 2 is 2.43 bits per heavy atom. The molecule has 1 aromatic heterocycles. The van der Waals surface area contributed by atoms with Crippen LogP contribution in [-0.2, 0) is 13.6 Å². The van der Waals surface area contributed by atoms with Crippen molar-refractivity contribution >= 4 is 11.8 Å². The zero-order valence-corrected chi connectivity index (χ0v) is 9.84. The average Bonchev–Trinajstić information content (AvgIpc) is 2.59. The molecule has 0 amide bonds. The van der Waals surface area contributed by atoms with Gasteiger partial charge >= 0.3 is 0 Å². The first-order valence-corrected chi connectivity index (χ1v) is 6.23. The molecule has 1 atom stereocenters. The average molecular weight is 214 g/mol. The summed E-state index contributed by atoms with van der Waals surface area (Å²) in [5, 5.41) is 11.4. The van der Waals surface area contributed by atoms with Crippen LogP contribution in [-0.4, -0.2) is 33.0 Å². The van der Waals surface area contributed by atoms with Gasteiger partial charge in [0.25, 0.3) is 0 Å². The Morgan fingerprint density at radius 1 is 1.64 bits per heavy atom. The number of aromatic nitrogens is 3. The molecule has 5 heteroatoms. The first kappa shape index (κ1) is 11.5. The zero-order valence-electron chi connectivity index (χ0n) is 9.03. The Bertz CT molecular complexity index is 261. The fourth-order valence-corrected chi connectivity index (χ4v) is 2.00. The SMILES string of the molecule is CCC(CSC)NCc1cn(C)nn1. The van der Waals surface area contributed by atoms with Crippen LogP contribution in [0.3, 0.4) is 0 Å². The molecule has 0 saturated heterocycles. The first-order chi connectivity index (χ1) is 6.76. The van der Waals surface area contributed by atoms with Crippen molar-refractivity contribution in [3.05, 3.63) is 11.9 Å². The molecule has 1 aromatic rings. The maximum Gasteiger partial charge on any atom is 0.0964 e. The van der Waals surface area contributed by atoms with E-state index in [1.54, 1.807) is 4.68 Å². The Hall–Kier alpha value is -0.550. The quantitative estimate of drug-likeness (QED) is 0.768. The number of rotatable bonds is 6. The summed E-state index contributed by atoms with van der Waals surface area (Å²) in [5.41, 5.74) is 1.01. The van der Waals surface area contributed by atoms with Crippen LogP contribution < -0.4 is 5.32 Å². The molecule has 0 bridgehead atoms. The molecule has 1 rings (SSSR count). The third-order valence-electron chi connectivity index (χ3n) is 2.08. The van der Waals surface area contributed by atoms with Gasteiger partial charge in [0, 0.05) is 31.6 Å². The monoisotopic (exact) mass is 214 g/mol. The van der Waals surface area contributed by atoms with Crippen LogP contribution >= 0.6 is 11.8 Å². The smallest absolute Gasteiger partial charge is 0.0964 e. The van der Waals surface area contributed by atoms with Crippen molar-refractivity contribution in [2.75, 3.05) is 12.0 Å². The number of hydrogen-bond acceptors (Lipinski definition) is 4. The van der Waals surface area contributed by atoms with Gasteiger partial charge in [-0.2, -0.15) is 11.8 Å². The van der Waals surface area contributed by atoms with E-state index in [0.717, 1.165) is 24.4 Å². The Labute approximate surface area is 89.5 Å². The summed E-state index contributed by atoms with van der Waals surface area (Å²) in [5.74, 6) is 1.15. The fraction of sp³-hybridized carbons (Fsp3) is 0.778. The van der Waals surface area contributed by atoms with Crippen LogP contribution in [0.15, 0.2) is 6.20 Å². The summed E-state index contributed by atoms with van der Waals surface area (Å²) in [6.07, 6.45) is 5.23. The number of nitrogens with zero attached hydrogens (tertiary/aromatic N) is 3. The first-order valence-electron chi connectivity index (χ1n) is 4.83. The van der Waals surface area contributed by atoms with Crippen LogP contribution in [0.4, 0.5) is 0 Å². The topological polar surface area (TPSA) is 42.7 Å². The Morgan fingerprint density at radius 3 is 2.93 bits per heavy atom. The lowest BCUT2D eigenvalue weighted by atomic mass is 10.2. The maximum atomic E-state index is 4.03. The number of hydrogen-bond donors (Lipinski definition) is 1. The summed E-state index contributed by atoms with van der Waals surface area (Å²) in [4.78, 5) is 0. The lowest BCUT2D eigenvalue weighted by Gasteiger charge is -2.14. The maximum absolute atomic E-state index is 4.03. The van der Waals surface area contributed by atoms with Crippen molar-refractivity contribution < 1.29 is 0 Å². The zero-order chi connectivity index (χ0) is 10.4. The summed E-state index contributed by atoms with van der Waals surface area (Å²) in [7, 11) is 1.88. The second-order valence-corrected chi connectivity index (χ2v) is 4.24. The molecular formula is C9H18N4S. The lowest BCUT2D eigenvalue weighted by molar-refractivity contribution is 0.535. The van der Waals surface area contributed by atoms with Crippen LogP contribution in [0.25, 0.3) is 0 Å². The van der Waals surface area contributed by atoms with Crippen molar-refractivity contribution in [1.29, 1.82) is 0 Å². The van der Waals surface area contributed by atoms with Crippen molar-refractivity contribution in [3.63, 3.8) is 0 Å². The third kappa shape index (κ3) is 3.67. The van der Waals surface area contributed by atoms with Gasteiger partial charge in [-0.25, -0.2) is 0 Å². The van der Waals surface area contributed by atoms with E-state index in [0.29, 0.717) is 6.04 Å². The van der Waals surface area contributed by atoms with E-state index in [2.05, 4.69) is 28.8 Å². The molecule has 0 fully saturated rings. The molecule has 1 unspecified atom stereocenters. The van der Waals surface area contributed by atoms with Gasteiger partial charge in [-0.3, -0.25) is 4.68 Å². The highest BCUT2D eigenvalue weighted by Gasteiger charge is 2.05. The molecule has 0 aliphatic carbocycles. The van der Waals surface area contributed by atoms with Gasteiger partial charge in [-0.05, 0) is 12.7 Å². The van der Waals surface area contributed by atoms with Crippen LogP contribution in [0.1, 0.15) is 19.0 Å². The predicted molar refractivity (Wildman–Crippen MR) is 60.3 cm³/mol. The van der Waals surface area contributed by atoms with E-state index in [1.807, 2.05) is 25.0 Å². The van der Waals surface area contributed by atoms with Gasteiger partial charge < -0.3 is 5.32 Å². The lowest BCUT2D eigenvalue weighted by Crippen LogP contribution is -2.30. The van der Waals surface area contributed by atoms with Gasteiger partial charge in [0.1, 0.15) is 0 Å². The minimum absolute atomic E-state index is 0.576. The molecular weight excluding hydrogens is 196 g/mol. The summed E-state index contributed by atoms with van der Waals surface area (Å²) in [6, 6.07) is 0.576. The molecule has 0 aromatic carbocycles. The minimum Gasteiger partial charge on any atom is -0.307 e. The fourth-order valence-electron chi connectivity index (χ4n) is 1.25. The second kappa shape index (κ2) is 6.03. The second-order valence-electron chi connectivity index (χ2n) is 3.32. The molecule has 14 heavy (non-hydrogen) atoms. The summed E-state index contributed by atoms with van der Waals surface area (Å²) < 4.78 is 1.73. The Kier molecular flexibility index (Phi) is 4.97. The van der Waals surface area contributed by atoms with Crippen molar-refractivity contribution in [3.8, 4) is 0 Å². The van der Waals surface area contributed by atoms with Crippen LogP contribution in [0, 0.1) is 0 Å². The highest BCUT2D eigenvalue weighted by molar-refractivity contribution is 7.98. The van der Waals surface area contributed by atoms with E-state index >= 15 is 0 Å². The molecule has 4 nitrogen and oxygen atoms in total. The van der Waals surface area contributed by atoms with E-state index in [4.69, 9.17) is 0 Å². The standard InChI is InChI=1S/C9H18N4S/c1-4-8(7-14-3)10-5-9-6-13(2)12-11-9/h6,8,10H,4-5,7H2,1-3H3. The van der Waals surface area contributed by atoms with Crippen molar-refractivity contribution in [1.82, 2.24) is 20.3 Å². The highest BCUT2D eigenvalue weighted by atomic mass is 32.2. The summed E-state index contributed by atoms with van der Waals surface area (Å²) in [6.45, 7) is 3.01. The summed E-state index contributed by atoms with van der Waals surface area (Å²) >= 11 is 1.87. The van der Waals surface area contributed by atoms with E-state index in [9.17, 15) is 0 Å². The van der Waals surface area contributed by atoms with Gasteiger partial charge in [0.2, 0.25) is 0 Å². The molecule has 0 aliphatic rings. The largest absolute Gasteiger partial charge is 0.307 e. The highest BCUT2D eigenvalue weighted by Crippen LogP contribution is 2.02.